The molecule has 3 aromatic rings. The number of nitrogens with zero attached hydrogens (tertiary/aromatic N) is 2. The van der Waals surface area contributed by atoms with Crippen LogP contribution in [0.1, 0.15) is 37.4 Å². The highest BCUT2D eigenvalue weighted by atomic mass is 16.7. The first kappa shape index (κ1) is 23.9. The van der Waals surface area contributed by atoms with Gasteiger partial charge in [-0.1, -0.05) is 48.9 Å². The molecule has 2 saturated heterocycles. The monoisotopic (exact) mass is 486 g/mol. The lowest BCUT2D eigenvalue weighted by molar-refractivity contribution is -0.126. The number of amides is 2. The van der Waals surface area contributed by atoms with E-state index in [-0.39, 0.29) is 11.8 Å². The number of aryl methyl sites for hydroxylation is 1. The zero-order valence-electron chi connectivity index (χ0n) is 20.7. The number of hydrogen-bond donors (Lipinski definition) is 0. The van der Waals surface area contributed by atoms with Gasteiger partial charge in [0, 0.05) is 0 Å². The molecule has 0 saturated carbocycles. The number of hydroxylamine groups is 1. The van der Waals surface area contributed by atoms with E-state index in [1.165, 1.54) is 4.90 Å². The predicted octanol–water partition coefficient (Wildman–Crippen LogP) is 5.23. The first-order valence-electron chi connectivity index (χ1n) is 12.4. The summed E-state index contributed by atoms with van der Waals surface area (Å²) in [5.74, 6) is -0.0889. The van der Waals surface area contributed by atoms with Crippen LogP contribution in [0, 0.1) is 12.8 Å². The minimum atomic E-state index is -0.921. The van der Waals surface area contributed by atoms with E-state index in [2.05, 4.69) is 0 Å². The van der Waals surface area contributed by atoms with E-state index in [9.17, 15) is 9.59 Å². The van der Waals surface area contributed by atoms with Gasteiger partial charge in [0.1, 0.15) is 5.92 Å². The lowest BCUT2D eigenvalue weighted by Gasteiger charge is -2.29. The molecule has 0 radical (unpaired) electrons. The smallest absolute Gasteiger partial charge is 0.266 e. The van der Waals surface area contributed by atoms with Gasteiger partial charge in [0.15, 0.2) is 17.6 Å². The Balaban J connectivity index is 1.57. The molecule has 2 fully saturated rings. The molecule has 3 unspecified atom stereocenters. The number of carbonyl (C=O) groups is 2. The zero-order valence-corrected chi connectivity index (χ0v) is 20.7. The van der Waals surface area contributed by atoms with Crippen molar-refractivity contribution in [3.05, 3.63) is 83.9 Å². The average molecular weight is 487 g/mol. The van der Waals surface area contributed by atoms with Gasteiger partial charge in [-0.2, -0.15) is 0 Å². The minimum absolute atomic E-state index is 0.276. The van der Waals surface area contributed by atoms with Crippen molar-refractivity contribution in [3.63, 3.8) is 0 Å². The Labute approximate surface area is 211 Å². The van der Waals surface area contributed by atoms with Crippen LogP contribution in [-0.2, 0) is 14.4 Å². The molecule has 7 heteroatoms. The molecule has 2 amide bonds. The molecular weight excluding hydrogens is 456 g/mol. The Hall–Kier alpha value is -3.84. The van der Waals surface area contributed by atoms with Crippen molar-refractivity contribution in [3.8, 4) is 11.5 Å². The highest BCUT2D eigenvalue weighted by Gasteiger charge is 2.60. The zero-order chi connectivity index (χ0) is 25.2. The molecule has 0 aromatic heterocycles. The van der Waals surface area contributed by atoms with E-state index in [4.69, 9.17) is 14.3 Å². The third-order valence-corrected chi connectivity index (χ3v) is 6.49. The largest absolute Gasteiger partial charge is 0.490 e. The number of para-hydroxylation sites is 1. The Bertz CT molecular complexity index is 1240. The summed E-state index contributed by atoms with van der Waals surface area (Å²) in [4.78, 5) is 34.8. The van der Waals surface area contributed by atoms with Crippen molar-refractivity contribution in [1.82, 2.24) is 0 Å². The van der Waals surface area contributed by atoms with Gasteiger partial charge in [-0.3, -0.25) is 14.4 Å². The molecular formula is C29H30N2O5. The van der Waals surface area contributed by atoms with E-state index in [1.54, 1.807) is 17.2 Å². The van der Waals surface area contributed by atoms with E-state index in [0.29, 0.717) is 30.4 Å². The molecule has 0 spiro atoms. The summed E-state index contributed by atoms with van der Waals surface area (Å²) in [5.41, 5.74) is 3.18. The normalized spacial score (nSPS) is 21.1. The lowest BCUT2D eigenvalue weighted by atomic mass is 9.90. The fourth-order valence-corrected chi connectivity index (χ4v) is 4.81. The Morgan fingerprint density at radius 1 is 0.833 bits per heavy atom. The topological polar surface area (TPSA) is 68.3 Å². The summed E-state index contributed by atoms with van der Waals surface area (Å²) in [6.45, 7) is 6.98. The highest BCUT2D eigenvalue weighted by Crippen LogP contribution is 2.48. The Kier molecular flexibility index (Phi) is 6.65. The number of anilines is 2. The maximum Gasteiger partial charge on any atom is 0.266 e. The number of ether oxygens (including phenoxy) is 2. The second-order valence-corrected chi connectivity index (χ2v) is 8.99. The fraction of sp³-hybridized carbons (Fsp3) is 0.310. The molecule has 3 atom stereocenters. The van der Waals surface area contributed by atoms with Gasteiger partial charge in [0.05, 0.1) is 30.6 Å². The molecule has 0 bridgehead atoms. The van der Waals surface area contributed by atoms with Crippen molar-refractivity contribution in [2.75, 3.05) is 23.2 Å². The summed E-state index contributed by atoms with van der Waals surface area (Å²) in [7, 11) is 0. The third-order valence-electron chi connectivity index (χ3n) is 6.49. The standard InChI is InChI=1S/C29H30N2O5/c1-4-17-35-23-16-13-20(18-24(23)34-5-2)26-25-27(36-31(26)22-9-7-6-8-10-22)29(33)30(28(25)32)21-14-11-19(3)12-15-21/h6-16,18,25-27H,4-5,17H2,1-3H3. The number of rotatable bonds is 8. The molecule has 7 nitrogen and oxygen atoms in total. The van der Waals surface area contributed by atoms with Gasteiger partial charge in [-0.25, -0.2) is 9.96 Å². The number of carbonyl (C=O) groups excluding carboxylic acids is 2. The van der Waals surface area contributed by atoms with Gasteiger partial charge in [-0.15, -0.1) is 0 Å². The summed E-state index contributed by atoms with van der Waals surface area (Å²) < 4.78 is 11.8. The fourth-order valence-electron chi connectivity index (χ4n) is 4.81. The quantitative estimate of drug-likeness (QED) is 0.406. The van der Waals surface area contributed by atoms with Crippen LogP contribution in [0.3, 0.4) is 0 Å². The van der Waals surface area contributed by atoms with Gasteiger partial charge in [0.25, 0.3) is 5.91 Å². The van der Waals surface area contributed by atoms with Crippen LogP contribution in [0.5, 0.6) is 11.5 Å². The van der Waals surface area contributed by atoms with E-state index in [0.717, 1.165) is 23.2 Å². The summed E-state index contributed by atoms with van der Waals surface area (Å²) in [6, 6.07) is 22.1. The van der Waals surface area contributed by atoms with Gasteiger partial charge >= 0.3 is 0 Å². The molecule has 2 heterocycles. The molecule has 0 N–H and O–H groups in total. The van der Waals surface area contributed by atoms with Crippen LogP contribution >= 0.6 is 0 Å². The van der Waals surface area contributed by atoms with Crippen molar-refractivity contribution in [2.24, 2.45) is 5.92 Å². The van der Waals surface area contributed by atoms with E-state index in [1.807, 2.05) is 81.4 Å². The molecule has 5 rings (SSSR count). The summed E-state index contributed by atoms with van der Waals surface area (Å²) in [5, 5.41) is 1.69. The van der Waals surface area contributed by atoms with Crippen LogP contribution in [0.2, 0.25) is 0 Å². The van der Waals surface area contributed by atoms with Crippen molar-refractivity contribution < 1.29 is 23.9 Å². The van der Waals surface area contributed by atoms with Gasteiger partial charge in [-0.05, 0) is 62.2 Å². The maximum atomic E-state index is 13.8. The molecule has 0 aliphatic carbocycles. The molecule has 186 valence electrons. The average Bonchev–Trinajstić information content (AvgIpc) is 3.40. The lowest BCUT2D eigenvalue weighted by Crippen LogP contribution is -2.37. The van der Waals surface area contributed by atoms with Crippen molar-refractivity contribution >= 4 is 23.2 Å². The van der Waals surface area contributed by atoms with Crippen LogP contribution in [-0.4, -0.2) is 31.1 Å². The van der Waals surface area contributed by atoms with Crippen LogP contribution in [0.4, 0.5) is 11.4 Å². The number of hydrogen-bond acceptors (Lipinski definition) is 6. The number of imide groups is 1. The molecule has 2 aliphatic rings. The first-order chi connectivity index (χ1) is 17.5. The van der Waals surface area contributed by atoms with E-state index < -0.39 is 18.1 Å². The molecule has 2 aliphatic heterocycles. The summed E-state index contributed by atoms with van der Waals surface area (Å²) >= 11 is 0. The SMILES string of the molecule is CCCOc1ccc(C2C3C(=O)N(c4ccc(C)cc4)C(=O)C3ON2c2ccccc2)cc1OCC. The van der Waals surface area contributed by atoms with Crippen LogP contribution in [0.15, 0.2) is 72.8 Å². The maximum absolute atomic E-state index is 13.8. The highest BCUT2D eigenvalue weighted by molar-refractivity contribution is 6.23. The van der Waals surface area contributed by atoms with E-state index >= 15 is 0 Å². The van der Waals surface area contributed by atoms with Crippen molar-refractivity contribution in [2.45, 2.75) is 39.3 Å². The van der Waals surface area contributed by atoms with Gasteiger partial charge < -0.3 is 9.47 Å². The summed E-state index contributed by atoms with van der Waals surface area (Å²) in [6.07, 6.45) is -0.0450. The second-order valence-electron chi connectivity index (χ2n) is 8.99. The Morgan fingerprint density at radius 2 is 1.58 bits per heavy atom. The van der Waals surface area contributed by atoms with Crippen molar-refractivity contribution in [1.29, 1.82) is 0 Å². The minimum Gasteiger partial charge on any atom is -0.490 e. The first-order valence-corrected chi connectivity index (χ1v) is 12.4. The predicted molar refractivity (Wildman–Crippen MR) is 137 cm³/mol. The molecule has 36 heavy (non-hydrogen) atoms. The second kappa shape index (κ2) is 10.0. The number of fused-ring (bicyclic) bond motifs is 1. The van der Waals surface area contributed by atoms with Crippen LogP contribution in [0.25, 0.3) is 0 Å². The number of benzene rings is 3. The van der Waals surface area contributed by atoms with Crippen LogP contribution < -0.4 is 19.4 Å². The third kappa shape index (κ3) is 4.20. The Morgan fingerprint density at radius 3 is 2.28 bits per heavy atom. The molecule has 3 aromatic carbocycles. The van der Waals surface area contributed by atoms with Gasteiger partial charge in [0.2, 0.25) is 5.91 Å².